The van der Waals surface area contributed by atoms with Gasteiger partial charge in [0.15, 0.2) is 0 Å². The van der Waals surface area contributed by atoms with Crippen LogP contribution in [0.15, 0.2) is 18.2 Å². The van der Waals surface area contributed by atoms with Crippen LogP contribution in [0.5, 0.6) is 0 Å². The number of rotatable bonds is 3. The summed E-state index contributed by atoms with van der Waals surface area (Å²) in [5.74, 6) is -1.28. The Morgan fingerprint density at radius 1 is 1.35 bits per heavy atom. The van der Waals surface area contributed by atoms with E-state index in [1.807, 2.05) is 0 Å². The molecule has 0 radical (unpaired) electrons. The molecule has 1 aliphatic rings. The van der Waals surface area contributed by atoms with E-state index in [0.717, 1.165) is 0 Å². The van der Waals surface area contributed by atoms with Crippen LogP contribution in [-0.2, 0) is 4.79 Å². The lowest BCUT2D eigenvalue weighted by Gasteiger charge is -2.19. The molecule has 6 heteroatoms. The van der Waals surface area contributed by atoms with Gasteiger partial charge in [-0.25, -0.2) is 8.78 Å². The summed E-state index contributed by atoms with van der Waals surface area (Å²) >= 11 is 0. The second kappa shape index (κ2) is 4.12. The molecule has 1 N–H and O–H groups in total. The van der Waals surface area contributed by atoms with Crippen molar-refractivity contribution in [2.45, 2.75) is 6.43 Å². The first kappa shape index (κ1) is 11.5. The standard InChI is InChI=1S/C11H10F2N2O2/c1-15(5-9(12)13)6-2-3-7-8(4-6)14-11(17)10(7)16/h2-4,9H,5H2,1H3,(H,14,16,17). The highest BCUT2D eigenvalue weighted by Crippen LogP contribution is 2.28. The summed E-state index contributed by atoms with van der Waals surface area (Å²) in [6, 6.07) is 4.52. The smallest absolute Gasteiger partial charge is 0.296 e. The fourth-order valence-corrected chi connectivity index (χ4v) is 1.68. The molecule has 1 aromatic carbocycles. The number of carbonyl (C=O) groups is 2. The summed E-state index contributed by atoms with van der Waals surface area (Å²) in [6.07, 6.45) is -2.44. The normalized spacial score (nSPS) is 13.9. The number of hydrogen-bond acceptors (Lipinski definition) is 3. The Balaban J connectivity index is 2.27. The molecule has 1 aromatic rings. The highest BCUT2D eigenvalue weighted by Gasteiger charge is 2.28. The van der Waals surface area contributed by atoms with Crippen molar-refractivity contribution in [3.63, 3.8) is 0 Å². The Morgan fingerprint density at radius 2 is 2.06 bits per heavy atom. The fraction of sp³-hybridized carbons (Fsp3) is 0.273. The topological polar surface area (TPSA) is 49.4 Å². The van der Waals surface area contributed by atoms with Crippen LogP contribution in [0.25, 0.3) is 0 Å². The third-order valence-electron chi connectivity index (χ3n) is 2.55. The molecule has 0 unspecified atom stereocenters. The number of amides is 1. The highest BCUT2D eigenvalue weighted by atomic mass is 19.3. The van der Waals surface area contributed by atoms with Gasteiger partial charge in [-0.15, -0.1) is 0 Å². The van der Waals surface area contributed by atoms with Crippen LogP contribution in [0.3, 0.4) is 0 Å². The van der Waals surface area contributed by atoms with Crippen molar-refractivity contribution in [2.24, 2.45) is 0 Å². The zero-order valence-corrected chi connectivity index (χ0v) is 9.04. The molecular weight excluding hydrogens is 230 g/mol. The molecule has 2 rings (SSSR count). The molecule has 0 spiro atoms. The SMILES string of the molecule is CN(CC(F)F)c1ccc2c(c1)NC(=O)C2=O. The first-order valence-corrected chi connectivity index (χ1v) is 4.98. The average molecular weight is 240 g/mol. The van der Waals surface area contributed by atoms with E-state index in [9.17, 15) is 18.4 Å². The number of halogens is 2. The lowest BCUT2D eigenvalue weighted by atomic mass is 10.1. The molecule has 0 aromatic heterocycles. The Hall–Kier alpha value is -1.98. The van der Waals surface area contributed by atoms with Gasteiger partial charge in [0.1, 0.15) is 0 Å². The average Bonchev–Trinajstić information content (AvgIpc) is 2.53. The number of fused-ring (bicyclic) bond motifs is 1. The molecule has 17 heavy (non-hydrogen) atoms. The van der Waals surface area contributed by atoms with Crippen LogP contribution >= 0.6 is 0 Å². The fourth-order valence-electron chi connectivity index (χ4n) is 1.68. The molecule has 0 saturated heterocycles. The van der Waals surface area contributed by atoms with Crippen LogP contribution in [0, 0.1) is 0 Å². The van der Waals surface area contributed by atoms with Crippen molar-refractivity contribution >= 4 is 23.1 Å². The highest BCUT2D eigenvalue weighted by molar-refractivity contribution is 6.51. The molecule has 0 aliphatic carbocycles. The molecule has 1 aliphatic heterocycles. The van der Waals surface area contributed by atoms with Crippen molar-refractivity contribution in [3.8, 4) is 0 Å². The molecule has 0 bridgehead atoms. The first-order chi connectivity index (χ1) is 7.99. The number of nitrogens with one attached hydrogen (secondary N) is 1. The van der Waals surface area contributed by atoms with Crippen LogP contribution in [0.4, 0.5) is 20.2 Å². The summed E-state index contributed by atoms with van der Waals surface area (Å²) in [5, 5.41) is 2.39. The van der Waals surface area contributed by atoms with E-state index < -0.39 is 24.7 Å². The third-order valence-corrected chi connectivity index (χ3v) is 2.55. The second-order valence-electron chi connectivity index (χ2n) is 3.78. The maximum Gasteiger partial charge on any atom is 0.296 e. The molecule has 4 nitrogen and oxygen atoms in total. The van der Waals surface area contributed by atoms with E-state index in [0.29, 0.717) is 11.4 Å². The summed E-state index contributed by atoms with van der Waals surface area (Å²) in [5.41, 5.74) is 1.18. The van der Waals surface area contributed by atoms with Crippen molar-refractivity contribution in [1.29, 1.82) is 0 Å². The zero-order chi connectivity index (χ0) is 12.6. The number of alkyl halides is 2. The van der Waals surface area contributed by atoms with Gasteiger partial charge in [0.05, 0.1) is 17.8 Å². The minimum atomic E-state index is -2.44. The lowest BCUT2D eigenvalue weighted by molar-refractivity contribution is -0.112. The second-order valence-corrected chi connectivity index (χ2v) is 3.78. The van der Waals surface area contributed by atoms with Crippen LogP contribution in [0.2, 0.25) is 0 Å². The molecule has 1 amide bonds. The Bertz CT molecular complexity index is 488. The molecular formula is C11H10F2N2O2. The Morgan fingerprint density at radius 3 is 2.71 bits per heavy atom. The lowest BCUT2D eigenvalue weighted by Crippen LogP contribution is -2.23. The summed E-state index contributed by atoms with van der Waals surface area (Å²) < 4.78 is 24.4. The van der Waals surface area contributed by atoms with Crippen LogP contribution < -0.4 is 10.2 Å². The number of benzene rings is 1. The molecule has 0 saturated carbocycles. The van der Waals surface area contributed by atoms with Gasteiger partial charge in [-0.2, -0.15) is 0 Å². The quantitative estimate of drug-likeness (QED) is 0.815. The van der Waals surface area contributed by atoms with Gasteiger partial charge in [0, 0.05) is 12.7 Å². The molecule has 90 valence electrons. The van der Waals surface area contributed by atoms with E-state index in [4.69, 9.17) is 0 Å². The van der Waals surface area contributed by atoms with Crippen molar-refractivity contribution in [3.05, 3.63) is 23.8 Å². The van der Waals surface area contributed by atoms with Crippen molar-refractivity contribution in [1.82, 2.24) is 0 Å². The molecule has 1 heterocycles. The van der Waals surface area contributed by atoms with Crippen molar-refractivity contribution < 1.29 is 18.4 Å². The van der Waals surface area contributed by atoms with E-state index in [1.54, 1.807) is 6.07 Å². The van der Waals surface area contributed by atoms with E-state index in [2.05, 4.69) is 5.32 Å². The maximum absolute atomic E-state index is 12.2. The van der Waals surface area contributed by atoms with Gasteiger partial charge in [0.25, 0.3) is 18.1 Å². The third kappa shape index (κ3) is 2.11. The van der Waals surface area contributed by atoms with E-state index in [-0.39, 0.29) is 5.56 Å². The number of nitrogens with zero attached hydrogens (tertiary/aromatic N) is 1. The van der Waals surface area contributed by atoms with Gasteiger partial charge in [-0.3, -0.25) is 9.59 Å². The van der Waals surface area contributed by atoms with E-state index >= 15 is 0 Å². The monoisotopic (exact) mass is 240 g/mol. The first-order valence-electron chi connectivity index (χ1n) is 4.98. The predicted molar refractivity (Wildman–Crippen MR) is 58.7 cm³/mol. The van der Waals surface area contributed by atoms with Gasteiger partial charge in [0.2, 0.25) is 0 Å². The number of Topliss-reactive ketones (excluding diaryl/α,β-unsaturated/α-hetero) is 1. The Labute approximate surface area is 96.2 Å². The van der Waals surface area contributed by atoms with Gasteiger partial charge in [-0.05, 0) is 18.2 Å². The zero-order valence-electron chi connectivity index (χ0n) is 9.04. The Kier molecular flexibility index (Phi) is 2.79. The summed E-state index contributed by atoms with van der Waals surface area (Å²) in [7, 11) is 1.52. The van der Waals surface area contributed by atoms with Crippen LogP contribution in [0.1, 0.15) is 10.4 Å². The van der Waals surface area contributed by atoms with Crippen LogP contribution in [-0.4, -0.2) is 31.7 Å². The minimum Gasteiger partial charge on any atom is -0.369 e. The van der Waals surface area contributed by atoms with E-state index in [1.165, 1.54) is 24.1 Å². The minimum absolute atomic E-state index is 0.282. The number of ketones is 1. The summed E-state index contributed by atoms with van der Waals surface area (Å²) in [6.45, 7) is -0.402. The number of hydrogen-bond donors (Lipinski definition) is 1. The molecule has 0 atom stereocenters. The number of carbonyl (C=O) groups excluding carboxylic acids is 2. The van der Waals surface area contributed by atoms with Crippen molar-refractivity contribution in [2.75, 3.05) is 23.8 Å². The largest absolute Gasteiger partial charge is 0.369 e. The van der Waals surface area contributed by atoms with Gasteiger partial charge < -0.3 is 10.2 Å². The molecule has 0 fully saturated rings. The predicted octanol–water partition coefficient (Wildman–Crippen LogP) is 1.52. The maximum atomic E-state index is 12.2. The summed E-state index contributed by atoms with van der Waals surface area (Å²) in [4.78, 5) is 23.8. The number of anilines is 2. The van der Waals surface area contributed by atoms with Gasteiger partial charge >= 0.3 is 0 Å². The van der Waals surface area contributed by atoms with Gasteiger partial charge in [-0.1, -0.05) is 0 Å².